The highest BCUT2D eigenvalue weighted by Crippen LogP contribution is 2.21. The van der Waals surface area contributed by atoms with E-state index in [0.717, 1.165) is 0 Å². The SMILES string of the molecule is COc1ccccc1C(=O)N1CCN(C(=O)[C@@H](NC(=O)c2ccco2)S(=O)(=O)c2ccccc2)CC1. The molecule has 0 spiro atoms. The summed E-state index contributed by atoms with van der Waals surface area (Å²) in [6, 6.07) is 17.1. The molecule has 188 valence electrons. The normalized spacial score (nSPS) is 14.7. The van der Waals surface area contributed by atoms with Crippen LogP contribution in [0.3, 0.4) is 0 Å². The first-order valence-corrected chi connectivity index (χ1v) is 12.7. The van der Waals surface area contributed by atoms with Gasteiger partial charge in [-0.2, -0.15) is 0 Å². The molecule has 36 heavy (non-hydrogen) atoms. The Morgan fingerprint density at radius 3 is 2.17 bits per heavy atom. The lowest BCUT2D eigenvalue weighted by Gasteiger charge is -2.36. The van der Waals surface area contributed by atoms with Crippen LogP contribution in [0.4, 0.5) is 0 Å². The van der Waals surface area contributed by atoms with Gasteiger partial charge in [0.15, 0.2) is 5.76 Å². The largest absolute Gasteiger partial charge is 0.496 e. The van der Waals surface area contributed by atoms with Crippen molar-refractivity contribution in [2.24, 2.45) is 0 Å². The lowest BCUT2D eigenvalue weighted by molar-refractivity contribution is -0.132. The van der Waals surface area contributed by atoms with Gasteiger partial charge in [0.05, 0.1) is 23.8 Å². The Morgan fingerprint density at radius 2 is 1.53 bits per heavy atom. The van der Waals surface area contributed by atoms with Crippen LogP contribution >= 0.6 is 0 Å². The third-order valence-electron chi connectivity index (χ3n) is 5.83. The van der Waals surface area contributed by atoms with Gasteiger partial charge in [-0.1, -0.05) is 30.3 Å². The summed E-state index contributed by atoms with van der Waals surface area (Å²) in [7, 11) is -2.80. The minimum absolute atomic E-state index is 0.0944. The smallest absolute Gasteiger partial charge is 0.288 e. The van der Waals surface area contributed by atoms with E-state index in [-0.39, 0.29) is 42.7 Å². The van der Waals surface area contributed by atoms with Crippen molar-refractivity contribution in [2.75, 3.05) is 33.3 Å². The van der Waals surface area contributed by atoms with Gasteiger partial charge in [-0.15, -0.1) is 0 Å². The predicted molar refractivity (Wildman–Crippen MR) is 129 cm³/mol. The fourth-order valence-electron chi connectivity index (χ4n) is 3.90. The molecule has 0 bridgehead atoms. The van der Waals surface area contributed by atoms with Gasteiger partial charge in [0.2, 0.25) is 15.2 Å². The molecule has 11 heteroatoms. The summed E-state index contributed by atoms with van der Waals surface area (Å²) in [5.74, 6) is -1.55. The molecule has 4 rings (SSSR count). The number of ether oxygens (including phenoxy) is 1. The molecule has 1 aromatic heterocycles. The number of furan rings is 1. The van der Waals surface area contributed by atoms with Crippen LogP contribution in [-0.2, 0) is 14.6 Å². The molecule has 1 aliphatic rings. The van der Waals surface area contributed by atoms with Crippen molar-refractivity contribution < 1.29 is 32.0 Å². The molecular weight excluding hydrogens is 486 g/mol. The van der Waals surface area contributed by atoms with E-state index in [9.17, 15) is 22.8 Å². The number of methoxy groups -OCH3 is 1. The number of hydrogen-bond donors (Lipinski definition) is 1. The van der Waals surface area contributed by atoms with Crippen LogP contribution in [0.5, 0.6) is 5.75 Å². The van der Waals surface area contributed by atoms with Crippen molar-refractivity contribution >= 4 is 27.6 Å². The summed E-state index contributed by atoms with van der Waals surface area (Å²) in [6.45, 7) is 0.564. The molecule has 1 fully saturated rings. The Kier molecular flexibility index (Phi) is 7.39. The molecule has 2 heterocycles. The average Bonchev–Trinajstić information content (AvgIpc) is 3.47. The fourth-order valence-corrected chi connectivity index (χ4v) is 5.39. The van der Waals surface area contributed by atoms with Crippen molar-refractivity contribution in [3.05, 3.63) is 84.3 Å². The number of carbonyl (C=O) groups excluding carboxylic acids is 3. The molecule has 1 atom stereocenters. The summed E-state index contributed by atoms with van der Waals surface area (Å²) < 4.78 is 37.1. The van der Waals surface area contributed by atoms with Crippen molar-refractivity contribution in [2.45, 2.75) is 10.3 Å². The van der Waals surface area contributed by atoms with Crippen molar-refractivity contribution in [3.63, 3.8) is 0 Å². The highest BCUT2D eigenvalue weighted by atomic mass is 32.2. The van der Waals surface area contributed by atoms with Crippen LogP contribution in [0.25, 0.3) is 0 Å². The maximum absolute atomic E-state index is 13.4. The zero-order chi connectivity index (χ0) is 25.7. The quantitative estimate of drug-likeness (QED) is 0.513. The second kappa shape index (κ2) is 10.6. The van der Waals surface area contributed by atoms with Crippen LogP contribution in [0.2, 0.25) is 0 Å². The fraction of sp³-hybridized carbons (Fsp3) is 0.240. The highest BCUT2D eigenvalue weighted by Gasteiger charge is 2.40. The van der Waals surface area contributed by atoms with E-state index in [0.29, 0.717) is 11.3 Å². The standard InChI is InChI=1S/C25H25N3O7S/c1-34-20-11-6-5-10-19(20)24(30)27-13-15-28(16-14-27)25(31)23(26-22(29)21-12-7-17-35-21)36(32,33)18-8-3-2-4-9-18/h2-12,17,23H,13-16H2,1H3,(H,26,29)/t23-/m0/s1. The van der Waals surface area contributed by atoms with E-state index in [1.165, 1.54) is 54.7 Å². The molecule has 0 radical (unpaired) electrons. The Labute approximate surface area is 208 Å². The molecule has 1 aliphatic heterocycles. The van der Waals surface area contributed by atoms with Crippen LogP contribution in [0, 0.1) is 0 Å². The number of amides is 3. The first-order valence-electron chi connectivity index (χ1n) is 11.2. The number of para-hydroxylation sites is 1. The average molecular weight is 512 g/mol. The Hall–Kier alpha value is -4.12. The van der Waals surface area contributed by atoms with E-state index >= 15 is 0 Å². The Balaban J connectivity index is 1.53. The number of carbonyl (C=O) groups is 3. The van der Waals surface area contributed by atoms with Crippen molar-refractivity contribution in [3.8, 4) is 5.75 Å². The number of piperazine rings is 1. The monoisotopic (exact) mass is 511 g/mol. The van der Waals surface area contributed by atoms with Crippen LogP contribution in [-0.4, -0.2) is 74.6 Å². The van der Waals surface area contributed by atoms with Crippen LogP contribution in [0.15, 0.2) is 82.3 Å². The predicted octanol–water partition coefficient (Wildman–Crippen LogP) is 1.80. The highest BCUT2D eigenvalue weighted by molar-refractivity contribution is 7.92. The number of sulfone groups is 1. The number of benzene rings is 2. The first kappa shape index (κ1) is 25.0. The topological polar surface area (TPSA) is 126 Å². The summed E-state index contributed by atoms with van der Waals surface area (Å²) in [6.07, 6.45) is 1.27. The lowest BCUT2D eigenvalue weighted by Crippen LogP contribution is -2.57. The van der Waals surface area contributed by atoms with Crippen LogP contribution in [0.1, 0.15) is 20.9 Å². The Bertz CT molecular complexity index is 1330. The second-order valence-corrected chi connectivity index (χ2v) is 10.0. The van der Waals surface area contributed by atoms with Crippen LogP contribution < -0.4 is 10.1 Å². The van der Waals surface area contributed by atoms with Crippen molar-refractivity contribution in [1.82, 2.24) is 15.1 Å². The summed E-state index contributed by atoms with van der Waals surface area (Å²) in [5.41, 5.74) is 0.398. The molecule has 0 aliphatic carbocycles. The van der Waals surface area contributed by atoms with Gasteiger partial charge in [-0.25, -0.2) is 8.42 Å². The van der Waals surface area contributed by atoms with E-state index in [1.807, 2.05) is 0 Å². The second-order valence-electron chi connectivity index (χ2n) is 8.01. The Morgan fingerprint density at radius 1 is 0.889 bits per heavy atom. The summed E-state index contributed by atoms with van der Waals surface area (Å²) in [5, 5.41) is 0.455. The minimum atomic E-state index is -4.28. The molecule has 3 amide bonds. The van der Waals surface area contributed by atoms with E-state index in [1.54, 1.807) is 35.2 Å². The van der Waals surface area contributed by atoms with E-state index < -0.39 is 27.0 Å². The van der Waals surface area contributed by atoms with E-state index in [2.05, 4.69) is 5.32 Å². The number of rotatable bonds is 7. The molecular formula is C25H25N3O7S. The maximum atomic E-state index is 13.4. The van der Waals surface area contributed by atoms with Gasteiger partial charge >= 0.3 is 0 Å². The molecule has 10 nitrogen and oxygen atoms in total. The number of hydrogen-bond acceptors (Lipinski definition) is 7. The minimum Gasteiger partial charge on any atom is -0.496 e. The van der Waals surface area contributed by atoms with Gasteiger partial charge in [-0.05, 0) is 36.4 Å². The van der Waals surface area contributed by atoms with E-state index in [4.69, 9.17) is 9.15 Å². The third-order valence-corrected chi connectivity index (χ3v) is 7.70. The van der Waals surface area contributed by atoms with Gasteiger partial charge in [0.1, 0.15) is 5.75 Å². The number of nitrogens with zero attached hydrogens (tertiary/aromatic N) is 2. The first-order chi connectivity index (χ1) is 17.3. The molecule has 0 unspecified atom stereocenters. The lowest BCUT2D eigenvalue weighted by atomic mass is 10.1. The molecule has 1 N–H and O–H groups in total. The maximum Gasteiger partial charge on any atom is 0.288 e. The zero-order valence-electron chi connectivity index (χ0n) is 19.5. The van der Waals surface area contributed by atoms with Gasteiger partial charge in [0, 0.05) is 26.2 Å². The van der Waals surface area contributed by atoms with Gasteiger partial charge < -0.3 is 24.3 Å². The molecule has 1 saturated heterocycles. The third kappa shape index (κ3) is 5.10. The molecule has 3 aromatic rings. The molecule has 0 saturated carbocycles. The van der Waals surface area contributed by atoms with Gasteiger partial charge in [-0.3, -0.25) is 14.4 Å². The summed E-state index contributed by atoms with van der Waals surface area (Å²) in [4.78, 5) is 41.9. The van der Waals surface area contributed by atoms with Crippen molar-refractivity contribution in [1.29, 1.82) is 0 Å². The molecule has 2 aromatic carbocycles. The zero-order valence-corrected chi connectivity index (χ0v) is 20.3. The van der Waals surface area contributed by atoms with Gasteiger partial charge in [0.25, 0.3) is 17.7 Å². The number of nitrogens with one attached hydrogen (secondary N) is 1. The summed E-state index contributed by atoms with van der Waals surface area (Å²) >= 11 is 0.